The number of rotatable bonds is 2. The maximum atomic E-state index is 5.57. The van der Waals surface area contributed by atoms with Crippen molar-refractivity contribution in [2.45, 2.75) is 26.3 Å². The average Bonchev–Trinajstić information content (AvgIpc) is 2.34. The number of imidazole rings is 1. The van der Waals surface area contributed by atoms with Gasteiger partial charge in [-0.25, -0.2) is 4.98 Å². The molecule has 2 N–H and O–H groups in total. The highest BCUT2D eigenvalue weighted by Gasteiger charge is 2.03. The van der Waals surface area contributed by atoms with Gasteiger partial charge in [0.2, 0.25) is 0 Å². The predicted molar refractivity (Wildman–Crippen MR) is 41.6 cm³/mol. The molecule has 0 aromatic carbocycles. The van der Waals surface area contributed by atoms with Gasteiger partial charge in [0, 0.05) is 18.4 Å². The Hall–Kier alpha value is -0.990. The van der Waals surface area contributed by atoms with E-state index in [2.05, 4.69) is 18.8 Å². The van der Waals surface area contributed by atoms with Crippen LogP contribution in [0.4, 0.5) is 5.95 Å². The smallest absolute Gasteiger partial charge is 0.200 e. The van der Waals surface area contributed by atoms with Crippen LogP contribution < -0.4 is 5.73 Å². The van der Waals surface area contributed by atoms with Crippen molar-refractivity contribution in [1.29, 1.82) is 0 Å². The monoisotopic (exact) mass is 139 g/mol. The lowest BCUT2D eigenvalue weighted by Gasteiger charge is -2.10. The first-order chi connectivity index (χ1) is 4.75. The molecule has 3 nitrogen and oxygen atoms in total. The molecule has 1 heterocycles. The Morgan fingerprint density at radius 2 is 2.50 bits per heavy atom. The summed E-state index contributed by atoms with van der Waals surface area (Å²) in [5.74, 6) is 0.606. The lowest BCUT2D eigenvalue weighted by Crippen LogP contribution is -2.06. The number of anilines is 1. The number of aromatic nitrogens is 2. The minimum Gasteiger partial charge on any atom is -0.369 e. The van der Waals surface area contributed by atoms with Crippen LogP contribution in [0.15, 0.2) is 12.4 Å². The van der Waals surface area contributed by atoms with Crippen LogP contribution in [0.25, 0.3) is 0 Å². The van der Waals surface area contributed by atoms with Crippen LogP contribution in [-0.4, -0.2) is 9.55 Å². The van der Waals surface area contributed by atoms with Crippen molar-refractivity contribution in [1.82, 2.24) is 9.55 Å². The number of hydrogen-bond donors (Lipinski definition) is 1. The second-order valence-electron chi connectivity index (χ2n) is 2.45. The summed E-state index contributed by atoms with van der Waals surface area (Å²) in [7, 11) is 0. The van der Waals surface area contributed by atoms with Crippen molar-refractivity contribution < 1.29 is 0 Å². The lowest BCUT2D eigenvalue weighted by molar-refractivity contribution is 0.538. The van der Waals surface area contributed by atoms with E-state index in [9.17, 15) is 0 Å². The Labute approximate surface area is 60.9 Å². The summed E-state index contributed by atoms with van der Waals surface area (Å²) >= 11 is 0. The highest BCUT2D eigenvalue weighted by atomic mass is 15.1. The van der Waals surface area contributed by atoms with Gasteiger partial charge in [-0.15, -0.1) is 0 Å². The normalized spacial score (nSPS) is 13.4. The molecule has 56 valence electrons. The standard InChI is InChI=1S/C7H13N3/c1-3-6(2)10-5-4-9-7(10)8/h4-6H,3H2,1-2H3,(H2,8,9). The summed E-state index contributed by atoms with van der Waals surface area (Å²) in [6.45, 7) is 4.25. The summed E-state index contributed by atoms with van der Waals surface area (Å²) < 4.78 is 1.97. The summed E-state index contributed by atoms with van der Waals surface area (Å²) in [5, 5.41) is 0. The van der Waals surface area contributed by atoms with E-state index in [1.165, 1.54) is 0 Å². The fraction of sp³-hybridized carbons (Fsp3) is 0.571. The van der Waals surface area contributed by atoms with Gasteiger partial charge in [0.15, 0.2) is 5.95 Å². The van der Waals surface area contributed by atoms with Gasteiger partial charge in [0.05, 0.1) is 0 Å². The van der Waals surface area contributed by atoms with Crippen LogP contribution in [-0.2, 0) is 0 Å². The van der Waals surface area contributed by atoms with Gasteiger partial charge < -0.3 is 10.3 Å². The van der Waals surface area contributed by atoms with E-state index < -0.39 is 0 Å². The molecule has 0 aliphatic carbocycles. The molecular weight excluding hydrogens is 126 g/mol. The molecule has 0 saturated carbocycles. The first-order valence-electron chi connectivity index (χ1n) is 3.54. The summed E-state index contributed by atoms with van der Waals surface area (Å²) in [4.78, 5) is 3.93. The molecule has 0 saturated heterocycles. The first kappa shape index (κ1) is 7.12. The SMILES string of the molecule is CCC(C)n1ccnc1N. The van der Waals surface area contributed by atoms with Crippen LogP contribution >= 0.6 is 0 Å². The average molecular weight is 139 g/mol. The summed E-state index contributed by atoms with van der Waals surface area (Å²) in [6, 6.07) is 0.461. The second-order valence-corrected chi connectivity index (χ2v) is 2.45. The molecule has 10 heavy (non-hydrogen) atoms. The second kappa shape index (κ2) is 2.73. The van der Waals surface area contributed by atoms with Gasteiger partial charge in [-0.1, -0.05) is 6.92 Å². The topological polar surface area (TPSA) is 43.8 Å². The van der Waals surface area contributed by atoms with Gasteiger partial charge in [0.1, 0.15) is 0 Å². The first-order valence-corrected chi connectivity index (χ1v) is 3.54. The molecule has 1 atom stereocenters. The fourth-order valence-electron chi connectivity index (χ4n) is 0.894. The maximum absolute atomic E-state index is 5.57. The Morgan fingerprint density at radius 1 is 1.80 bits per heavy atom. The van der Waals surface area contributed by atoms with E-state index in [1.807, 2.05) is 10.8 Å². The highest BCUT2D eigenvalue weighted by Crippen LogP contribution is 2.12. The molecule has 0 fully saturated rings. The Bertz CT molecular complexity index is 204. The van der Waals surface area contributed by atoms with Gasteiger partial charge in [-0.3, -0.25) is 0 Å². The van der Waals surface area contributed by atoms with Gasteiger partial charge >= 0.3 is 0 Å². The van der Waals surface area contributed by atoms with Crippen LogP contribution in [0.5, 0.6) is 0 Å². The summed E-state index contributed by atoms with van der Waals surface area (Å²) in [6.07, 6.45) is 4.71. The Kier molecular flexibility index (Phi) is 1.94. The van der Waals surface area contributed by atoms with E-state index in [0.29, 0.717) is 12.0 Å². The molecule has 0 aliphatic rings. The van der Waals surface area contributed by atoms with Crippen LogP contribution in [0, 0.1) is 0 Å². The fourth-order valence-corrected chi connectivity index (χ4v) is 0.894. The molecule has 0 bridgehead atoms. The van der Waals surface area contributed by atoms with E-state index in [1.54, 1.807) is 6.20 Å². The molecule has 0 radical (unpaired) electrons. The number of nitrogens with two attached hydrogens (primary N) is 1. The van der Waals surface area contributed by atoms with Gasteiger partial charge in [-0.2, -0.15) is 0 Å². The minimum absolute atomic E-state index is 0.461. The predicted octanol–water partition coefficient (Wildman–Crippen LogP) is 1.44. The van der Waals surface area contributed by atoms with Crippen molar-refractivity contribution in [2.75, 3.05) is 5.73 Å². The van der Waals surface area contributed by atoms with Gasteiger partial charge in [0.25, 0.3) is 0 Å². The van der Waals surface area contributed by atoms with Crippen LogP contribution in [0.1, 0.15) is 26.3 Å². The third-order valence-electron chi connectivity index (χ3n) is 1.76. The van der Waals surface area contributed by atoms with Crippen LogP contribution in [0.2, 0.25) is 0 Å². The summed E-state index contributed by atoms with van der Waals surface area (Å²) in [5.41, 5.74) is 5.57. The Balaban J connectivity index is 2.82. The number of nitrogen functional groups attached to an aromatic ring is 1. The molecule has 1 aromatic rings. The third-order valence-corrected chi connectivity index (χ3v) is 1.76. The van der Waals surface area contributed by atoms with E-state index in [4.69, 9.17) is 5.73 Å². The molecule has 0 aliphatic heterocycles. The van der Waals surface area contributed by atoms with E-state index in [-0.39, 0.29) is 0 Å². The van der Waals surface area contributed by atoms with Gasteiger partial charge in [-0.05, 0) is 13.3 Å². The Morgan fingerprint density at radius 3 is 2.90 bits per heavy atom. The molecule has 3 heteroatoms. The van der Waals surface area contributed by atoms with Crippen molar-refractivity contribution >= 4 is 5.95 Å². The highest BCUT2D eigenvalue weighted by molar-refractivity contribution is 5.17. The zero-order chi connectivity index (χ0) is 7.56. The maximum Gasteiger partial charge on any atom is 0.200 e. The molecule has 0 spiro atoms. The quantitative estimate of drug-likeness (QED) is 0.673. The van der Waals surface area contributed by atoms with E-state index >= 15 is 0 Å². The third kappa shape index (κ3) is 1.12. The van der Waals surface area contributed by atoms with E-state index in [0.717, 1.165) is 6.42 Å². The van der Waals surface area contributed by atoms with Crippen molar-refractivity contribution in [3.05, 3.63) is 12.4 Å². The molecule has 1 unspecified atom stereocenters. The molecular formula is C7H13N3. The molecule has 0 amide bonds. The minimum atomic E-state index is 0.461. The number of nitrogens with zero attached hydrogens (tertiary/aromatic N) is 2. The zero-order valence-electron chi connectivity index (χ0n) is 6.41. The molecule has 1 aromatic heterocycles. The zero-order valence-corrected chi connectivity index (χ0v) is 6.41. The van der Waals surface area contributed by atoms with Crippen LogP contribution in [0.3, 0.4) is 0 Å². The largest absolute Gasteiger partial charge is 0.369 e. The number of hydrogen-bond acceptors (Lipinski definition) is 2. The van der Waals surface area contributed by atoms with Crippen molar-refractivity contribution in [3.8, 4) is 0 Å². The van der Waals surface area contributed by atoms with Crippen molar-refractivity contribution in [3.63, 3.8) is 0 Å². The molecule has 1 rings (SSSR count). The lowest BCUT2D eigenvalue weighted by atomic mass is 10.3. The van der Waals surface area contributed by atoms with Crippen molar-refractivity contribution in [2.24, 2.45) is 0 Å².